The van der Waals surface area contributed by atoms with E-state index in [-0.39, 0.29) is 11.5 Å². The molecule has 0 amide bonds. The third-order valence-corrected chi connectivity index (χ3v) is 6.54. The molecule has 2 aliphatic heterocycles. The van der Waals surface area contributed by atoms with E-state index in [1.165, 1.54) is 5.56 Å². The lowest BCUT2D eigenvalue weighted by Gasteiger charge is -2.29. The molecule has 2 aliphatic rings. The van der Waals surface area contributed by atoms with Gasteiger partial charge in [0, 0.05) is 13.1 Å². The number of benzene rings is 3. The quantitative estimate of drug-likeness (QED) is 0.409. The lowest BCUT2D eigenvalue weighted by molar-refractivity contribution is 0.0949. The minimum absolute atomic E-state index is 0.179. The van der Waals surface area contributed by atoms with Gasteiger partial charge in [-0.1, -0.05) is 12.1 Å². The molecule has 0 N–H and O–H groups in total. The number of nitrogens with zero attached hydrogens (tertiary/aromatic N) is 1. The number of ether oxygens (including phenoxy) is 6. The highest BCUT2D eigenvalue weighted by atomic mass is 16.5. The van der Waals surface area contributed by atoms with Crippen LogP contribution in [-0.4, -0.2) is 52.4 Å². The molecule has 37 heavy (non-hydrogen) atoms. The first-order valence-corrected chi connectivity index (χ1v) is 11.9. The summed E-state index contributed by atoms with van der Waals surface area (Å²) in [4.78, 5) is 15.4. The van der Waals surface area contributed by atoms with Crippen molar-refractivity contribution in [3.63, 3.8) is 0 Å². The van der Waals surface area contributed by atoms with Crippen LogP contribution in [0.2, 0.25) is 0 Å². The maximum atomic E-state index is 13.2. The number of carbonyl (C=O) groups excluding carboxylic acids is 1. The fraction of sp³-hybridized carbons (Fsp3) is 0.276. The van der Waals surface area contributed by atoms with Gasteiger partial charge in [0.05, 0.1) is 39.6 Å². The standard InChI is InChI=1S/C29H29NO7/c1-32-20-7-5-18(6-8-20)11-12-30-16-22-23(36-17-30)10-9-21-27(31)24(37-28(21)22)13-19-14-25(33-2)29(35-4)26(15-19)34-3/h5-10,13-15H,11-12,16-17H2,1-4H3/b24-13-. The van der Waals surface area contributed by atoms with Crippen LogP contribution in [0, 0.1) is 0 Å². The van der Waals surface area contributed by atoms with Gasteiger partial charge in [-0.05, 0) is 60.0 Å². The molecule has 2 heterocycles. The van der Waals surface area contributed by atoms with Gasteiger partial charge in [-0.25, -0.2) is 0 Å². The first kappa shape index (κ1) is 24.5. The van der Waals surface area contributed by atoms with E-state index in [1.54, 1.807) is 52.7 Å². The van der Waals surface area contributed by atoms with Crippen molar-refractivity contribution in [2.75, 3.05) is 41.7 Å². The van der Waals surface area contributed by atoms with E-state index in [4.69, 9.17) is 28.4 Å². The molecule has 0 aromatic heterocycles. The van der Waals surface area contributed by atoms with Crippen LogP contribution in [0.3, 0.4) is 0 Å². The number of methoxy groups -OCH3 is 4. The van der Waals surface area contributed by atoms with Gasteiger partial charge in [0.2, 0.25) is 11.5 Å². The van der Waals surface area contributed by atoms with Crippen LogP contribution in [-0.2, 0) is 13.0 Å². The van der Waals surface area contributed by atoms with E-state index in [2.05, 4.69) is 17.0 Å². The summed E-state index contributed by atoms with van der Waals surface area (Å²) >= 11 is 0. The Morgan fingerprint density at radius 2 is 1.65 bits per heavy atom. The van der Waals surface area contributed by atoms with Crippen LogP contribution in [0.15, 0.2) is 54.3 Å². The lowest BCUT2D eigenvalue weighted by atomic mass is 10.0. The highest BCUT2D eigenvalue weighted by Gasteiger charge is 2.33. The minimum Gasteiger partial charge on any atom is -0.497 e. The first-order valence-electron chi connectivity index (χ1n) is 11.9. The van der Waals surface area contributed by atoms with Crippen molar-refractivity contribution in [2.45, 2.75) is 13.0 Å². The topological polar surface area (TPSA) is 75.7 Å². The Hall–Kier alpha value is -4.17. The summed E-state index contributed by atoms with van der Waals surface area (Å²) in [5.41, 5.74) is 3.31. The second kappa shape index (κ2) is 10.4. The zero-order valence-electron chi connectivity index (χ0n) is 21.3. The van der Waals surface area contributed by atoms with Crippen LogP contribution >= 0.6 is 0 Å². The van der Waals surface area contributed by atoms with E-state index < -0.39 is 0 Å². The number of fused-ring (bicyclic) bond motifs is 3. The molecule has 0 unspecified atom stereocenters. The van der Waals surface area contributed by atoms with Crippen LogP contribution in [0.4, 0.5) is 0 Å². The zero-order valence-corrected chi connectivity index (χ0v) is 21.3. The number of ketones is 1. The Balaban J connectivity index is 1.36. The summed E-state index contributed by atoms with van der Waals surface area (Å²) in [6.45, 7) is 1.90. The molecule has 0 saturated carbocycles. The van der Waals surface area contributed by atoms with E-state index in [0.717, 1.165) is 30.0 Å². The molecule has 0 spiro atoms. The Kier molecular flexibility index (Phi) is 6.92. The molecule has 0 saturated heterocycles. The molecular formula is C29H29NO7. The largest absolute Gasteiger partial charge is 0.497 e. The van der Waals surface area contributed by atoms with Crippen LogP contribution < -0.4 is 28.4 Å². The van der Waals surface area contributed by atoms with Gasteiger partial charge >= 0.3 is 0 Å². The average molecular weight is 504 g/mol. The van der Waals surface area contributed by atoms with Gasteiger partial charge in [-0.15, -0.1) is 0 Å². The van der Waals surface area contributed by atoms with E-state index >= 15 is 0 Å². The van der Waals surface area contributed by atoms with Crippen molar-refractivity contribution in [3.05, 3.63) is 76.5 Å². The molecule has 0 radical (unpaired) electrons. The fourth-order valence-electron chi connectivity index (χ4n) is 4.56. The van der Waals surface area contributed by atoms with Crippen molar-refractivity contribution < 1.29 is 33.2 Å². The monoisotopic (exact) mass is 503 g/mol. The van der Waals surface area contributed by atoms with Gasteiger partial charge in [-0.2, -0.15) is 0 Å². The van der Waals surface area contributed by atoms with E-state index in [0.29, 0.717) is 47.4 Å². The van der Waals surface area contributed by atoms with E-state index in [1.807, 2.05) is 18.2 Å². The van der Waals surface area contributed by atoms with Crippen molar-refractivity contribution in [2.24, 2.45) is 0 Å². The predicted octanol–water partition coefficient (Wildman–Crippen LogP) is 4.73. The molecule has 0 atom stereocenters. The summed E-state index contributed by atoms with van der Waals surface area (Å²) in [6, 6.07) is 15.2. The van der Waals surface area contributed by atoms with Gasteiger partial charge in [0.25, 0.3) is 0 Å². The predicted molar refractivity (Wildman–Crippen MR) is 138 cm³/mol. The summed E-state index contributed by atoms with van der Waals surface area (Å²) in [5.74, 6) is 3.65. The molecule has 5 rings (SSSR count). The summed E-state index contributed by atoms with van der Waals surface area (Å²) < 4.78 is 33.7. The highest BCUT2D eigenvalue weighted by Crippen LogP contribution is 2.43. The van der Waals surface area contributed by atoms with Gasteiger partial charge in [-0.3, -0.25) is 9.69 Å². The number of hydrogen-bond donors (Lipinski definition) is 0. The molecule has 3 aromatic carbocycles. The van der Waals surface area contributed by atoms with Crippen LogP contribution in [0.25, 0.3) is 6.08 Å². The average Bonchev–Trinajstić information content (AvgIpc) is 3.26. The van der Waals surface area contributed by atoms with Crippen molar-refractivity contribution in [1.82, 2.24) is 4.90 Å². The number of hydrogen-bond acceptors (Lipinski definition) is 8. The molecule has 0 aliphatic carbocycles. The van der Waals surface area contributed by atoms with Crippen molar-refractivity contribution in [3.8, 4) is 34.5 Å². The Morgan fingerprint density at radius 1 is 0.919 bits per heavy atom. The number of rotatable bonds is 8. The highest BCUT2D eigenvalue weighted by molar-refractivity contribution is 6.15. The second-order valence-electron chi connectivity index (χ2n) is 8.74. The van der Waals surface area contributed by atoms with Gasteiger partial charge in [0.1, 0.15) is 24.0 Å². The third-order valence-electron chi connectivity index (χ3n) is 6.54. The number of allylic oxidation sites excluding steroid dienone is 1. The zero-order chi connectivity index (χ0) is 25.9. The smallest absolute Gasteiger partial charge is 0.231 e. The summed E-state index contributed by atoms with van der Waals surface area (Å²) in [7, 11) is 6.31. The first-order chi connectivity index (χ1) is 18.0. The lowest BCUT2D eigenvalue weighted by Crippen LogP contribution is -2.33. The van der Waals surface area contributed by atoms with E-state index in [9.17, 15) is 4.79 Å². The Morgan fingerprint density at radius 3 is 2.30 bits per heavy atom. The molecule has 3 aromatic rings. The molecular weight excluding hydrogens is 474 g/mol. The van der Waals surface area contributed by atoms with Crippen LogP contribution in [0.5, 0.6) is 34.5 Å². The normalized spacial score (nSPS) is 15.5. The molecule has 0 bridgehead atoms. The van der Waals surface area contributed by atoms with Crippen molar-refractivity contribution >= 4 is 11.9 Å². The van der Waals surface area contributed by atoms with Gasteiger partial charge < -0.3 is 28.4 Å². The third kappa shape index (κ3) is 4.80. The maximum absolute atomic E-state index is 13.2. The van der Waals surface area contributed by atoms with Gasteiger partial charge in [0.15, 0.2) is 17.3 Å². The van der Waals surface area contributed by atoms with Crippen LogP contribution in [0.1, 0.15) is 27.0 Å². The Bertz CT molecular complexity index is 1320. The minimum atomic E-state index is -0.179. The second-order valence-corrected chi connectivity index (χ2v) is 8.74. The summed E-state index contributed by atoms with van der Waals surface area (Å²) in [5, 5.41) is 0. The Labute approximate surface area is 215 Å². The fourth-order valence-corrected chi connectivity index (χ4v) is 4.56. The molecule has 8 heteroatoms. The van der Waals surface area contributed by atoms with Crippen molar-refractivity contribution in [1.29, 1.82) is 0 Å². The molecule has 0 fully saturated rings. The summed E-state index contributed by atoms with van der Waals surface area (Å²) in [6.07, 6.45) is 2.55. The number of Topliss-reactive ketones (excluding diaryl/α,β-unsaturated/α-hetero) is 1. The molecule has 8 nitrogen and oxygen atoms in total. The SMILES string of the molecule is COc1ccc(CCN2COc3ccc4c(c3C2)O/C(=C\c2cc(OC)c(OC)c(OC)c2)C4=O)cc1. The molecule has 192 valence electrons. The maximum Gasteiger partial charge on any atom is 0.231 e. The number of carbonyl (C=O) groups is 1.